The van der Waals surface area contributed by atoms with E-state index in [1.807, 2.05) is 24.3 Å². The molecule has 6 heteroatoms. The first-order chi connectivity index (χ1) is 11.6. The number of nitrogens with one attached hydrogen (secondary N) is 1. The average Bonchev–Trinajstić information content (AvgIpc) is 3.02. The third-order valence-corrected chi connectivity index (χ3v) is 3.46. The van der Waals surface area contributed by atoms with Gasteiger partial charge in [-0.25, -0.2) is 4.39 Å². The van der Waals surface area contributed by atoms with Crippen LogP contribution in [0.15, 0.2) is 60.9 Å². The second kappa shape index (κ2) is 6.95. The fourth-order valence-corrected chi connectivity index (χ4v) is 2.31. The van der Waals surface area contributed by atoms with Gasteiger partial charge in [0.05, 0.1) is 25.5 Å². The van der Waals surface area contributed by atoms with Crippen LogP contribution >= 0.6 is 0 Å². The largest absolute Gasteiger partial charge is 0.497 e. The molecule has 0 fully saturated rings. The highest BCUT2D eigenvalue weighted by atomic mass is 19.1. The first-order valence-electron chi connectivity index (χ1n) is 7.36. The second-order valence-electron chi connectivity index (χ2n) is 5.24. The number of hydrogen-bond donors (Lipinski definition) is 1. The molecule has 0 spiro atoms. The summed E-state index contributed by atoms with van der Waals surface area (Å²) in [5.41, 5.74) is 1.84. The molecule has 0 aliphatic rings. The lowest BCUT2D eigenvalue weighted by Gasteiger charge is -2.05. The number of carbonyl (C=O) groups excluding carboxylic acids is 1. The number of benzene rings is 2. The molecular weight excluding hydrogens is 309 g/mol. The molecule has 0 aliphatic heterocycles. The Morgan fingerprint density at radius 1 is 1.25 bits per heavy atom. The Hall–Kier alpha value is -3.15. The normalized spacial score (nSPS) is 10.4. The van der Waals surface area contributed by atoms with Gasteiger partial charge in [0.25, 0.3) is 5.91 Å². The molecule has 1 aromatic heterocycles. The van der Waals surface area contributed by atoms with Gasteiger partial charge in [-0.2, -0.15) is 5.10 Å². The van der Waals surface area contributed by atoms with Gasteiger partial charge in [0.1, 0.15) is 11.6 Å². The summed E-state index contributed by atoms with van der Waals surface area (Å²) in [7, 11) is 1.62. The van der Waals surface area contributed by atoms with Crippen molar-refractivity contribution in [2.45, 2.75) is 6.54 Å². The molecule has 0 aliphatic carbocycles. The van der Waals surface area contributed by atoms with E-state index >= 15 is 0 Å². The SMILES string of the molecule is COc1cccc(Cn2cc(NC(=O)c3cccc(F)c3)cn2)c1. The minimum absolute atomic E-state index is 0.260. The van der Waals surface area contributed by atoms with Crippen molar-refractivity contribution < 1.29 is 13.9 Å². The fourth-order valence-electron chi connectivity index (χ4n) is 2.31. The standard InChI is InChI=1S/C18H16FN3O2/c1-24-17-7-2-4-13(8-17)11-22-12-16(10-20-22)21-18(23)14-5-3-6-15(19)9-14/h2-10,12H,11H2,1H3,(H,21,23). The number of rotatable bonds is 5. The van der Waals surface area contributed by atoms with Gasteiger partial charge in [0, 0.05) is 11.8 Å². The Bertz CT molecular complexity index is 861. The van der Waals surface area contributed by atoms with E-state index < -0.39 is 5.82 Å². The Balaban J connectivity index is 1.68. The van der Waals surface area contributed by atoms with Crippen LogP contribution in [0.3, 0.4) is 0 Å². The van der Waals surface area contributed by atoms with Gasteiger partial charge in [0.15, 0.2) is 0 Å². The molecule has 0 saturated heterocycles. The number of amides is 1. The fraction of sp³-hybridized carbons (Fsp3) is 0.111. The van der Waals surface area contributed by atoms with E-state index in [1.54, 1.807) is 30.3 Å². The third-order valence-electron chi connectivity index (χ3n) is 3.46. The van der Waals surface area contributed by atoms with Gasteiger partial charge in [-0.05, 0) is 35.9 Å². The van der Waals surface area contributed by atoms with Crippen LogP contribution in [0, 0.1) is 5.82 Å². The van der Waals surface area contributed by atoms with Gasteiger partial charge in [-0.15, -0.1) is 0 Å². The molecule has 2 aromatic carbocycles. The Kier molecular flexibility index (Phi) is 4.56. The molecule has 0 saturated carbocycles. The third kappa shape index (κ3) is 3.78. The smallest absolute Gasteiger partial charge is 0.255 e. The van der Waals surface area contributed by atoms with Crippen molar-refractivity contribution in [2.75, 3.05) is 12.4 Å². The molecule has 1 amide bonds. The van der Waals surface area contributed by atoms with E-state index in [0.717, 1.165) is 11.3 Å². The number of nitrogens with zero attached hydrogens (tertiary/aromatic N) is 2. The zero-order chi connectivity index (χ0) is 16.9. The van der Waals surface area contributed by atoms with E-state index in [0.29, 0.717) is 12.2 Å². The molecule has 122 valence electrons. The zero-order valence-electron chi connectivity index (χ0n) is 13.1. The summed E-state index contributed by atoms with van der Waals surface area (Å²) >= 11 is 0. The highest BCUT2D eigenvalue weighted by Crippen LogP contribution is 2.15. The first-order valence-corrected chi connectivity index (χ1v) is 7.36. The van der Waals surface area contributed by atoms with Crippen molar-refractivity contribution in [1.29, 1.82) is 0 Å². The molecule has 3 rings (SSSR count). The molecule has 3 aromatic rings. The molecule has 5 nitrogen and oxygen atoms in total. The Labute approximate surface area is 138 Å². The van der Waals surface area contributed by atoms with Crippen LogP contribution < -0.4 is 10.1 Å². The van der Waals surface area contributed by atoms with Gasteiger partial charge in [-0.1, -0.05) is 18.2 Å². The van der Waals surface area contributed by atoms with E-state index in [4.69, 9.17) is 4.74 Å². The van der Waals surface area contributed by atoms with Crippen LogP contribution in [-0.2, 0) is 6.54 Å². The summed E-state index contributed by atoms with van der Waals surface area (Å²) in [6.45, 7) is 0.549. The number of hydrogen-bond acceptors (Lipinski definition) is 3. The first kappa shape index (κ1) is 15.7. The van der Waals surface area contributed by atoms with Crippen molar-refractivity contribution in [3.63, 3.8) is 0 Å². The summed E-state index contributed by atoms with van der Waals surface area (Å²) in [5.74, 6) is -0.0499. The van der Waals surface area contributed by atoms with Crippen molar-refractivity contribution in [3.05, 3.63) is 77.9 Å². The van der Waals surface area contributed by atoms with Gasteiger partial charge in [0.2, 0.25) is 0 Å². The molecule has 1 N–H and O–H groups in total. The minimum Gasteiger partial charge on any atom is -0.497 e. The van der Waals surface area contributed by atoms with E-state index in [-0.39, 0.29) is 11.5 Å². The summed E-state index contributed by atoms with van der Waals surface area (Å²) < 4.78 is 20.1. The maximum absolute atomic E-state index is 13.2. The highest BCUT2D eigenvalue weighted by Gasteiger charge is 2.08. The maximum atomic E-state index is 13.2. The van der Waals surface area contributed by atoms with Crippen LogP contribution in [0.2, 0.25) is 0 Å². The van der Waals surface area contributed by atoms with Crippen molar-refractivity contribution >= 4 is 11.6 Å². The maximum Gasteiger partial charge on any atom is 0.255 e. The van der Waals surface area contributed by atoms with Crippen LogP contribution in [0.4, 0.5) is 10.1 Å². The van der Waals surface area contributed by atoms with E-state index in [9.17, 15) is 9.18 Å². The summed E-state index contributed by atoms with van der Waals surface area (Å²) in [6, 6.07) is 13.2. The van der Waals surface area contributed by atoms with Crippen molar-refractivity contribution in [2.24, 2.45) is 0 Å². The van der Waals surface area contributed by atoms with Crippen molar-refractivity contribution in [3.8, 4) is 5.75 Å². The number of carbonyl (C=O) groups is 1. The number of ether oxygens (including phenoxy) is 1. The zero-order valence-corrected chi connectivity index (χ0v) is 13.1. The highest BCUT2D eigenvalue weighted by molar-refractivity contribution is 6.04. The lowest BCUT2D eigenvalue weighted by molar-refractivity contribution is 0.102. The summed E-state index contributed by atoms with van der Waals surface area (Å²) in [6.07, 6.45) is 3.27. The molecular formula is C18H16FN3O2. The molecule has 0 bridgehead atoms. The van der Waals surface area contributed by atoms with Gasteiger partial charge in [-0.3, -0.25) is 9.48 Å². The lowest BCUT2D eigenvalue weighted by Crippen LogP contribution is -2.11. The average molecular weight is 325 g/mol. The van der Waals surface area contributed by atoms with Crippen LogP contribution in [0.5, 0.6) is 5.75 Å². The number of aromatic nitrogens is 2. The Morgan fingerprint density at radius 3 is 2.88 bits per heavy atom. The Morgan fingerprint density at radius 2 is 2.08 bits per heavy atom. The summed E-state index contributed by atoms with van der Waals surface area (Å²) in [4.78, 5) is 12.1. The molecule has 0 atom stereocenters. The number of anilines is 1. The number of methoxy groups -OCH3 is 1. The molecule has 24 heavy (non-hydrogen) atoms. The predicted octanol–water partition coefficient (Wildman–Crippen LogP) is 3.33. The van der Waals surface area contributed by atoms with E-state index in [1.165, 1.54) is 18.2 Å². The van der Waals surface area contributed by atoms with E-state index in [2.05, 4.69) is 10.4 Å². The van der Waals surface area contributed by atoms with Gasteiger partial charge >= 0.3 is 0 Å². The monoisotopic (exact) mass is 325 g/mol. The summed E-state index contributed by atoms with van der Waals surface area (Å²) in [5, 5.41) is 6.92. The minimum atomic E-state index is -0.448. The van der Waals surface area contributed by atoms with Crippen molar-refractivity contribution in [1.82, 2.24) is 9.78 Å². The van der Waals surface area contributed by atoms with Crippen LogP contribution in [0.1, 0.15) is 15.9 Å². The quantitative estimate of drug-likeness (QED) is 0.783. The number of halogens is 1. The van der Waals surface area contributed by atoms with Crippen LogP contribution in [0.25, 0.3) is 0 Å². The molecule has 1 heterocycles. The predicted molar refractivity (Wildman–Crippen MR) is 88.7 cm³/mol. The topological polar surface area (TPSA) is 56.1 Å². The van der Waals surface area contributed by atoms with Crippen LogP contribution in [-0.4, -0.2) is 22.8 Å². The lowest BCUT2D eigenvalue weighted by atomic mass is 10.2. The van der Waals surface area contributed by atoms with Gasteiger partial charge < -0.3 is 10.1 Å². The second-order valence-corrected chi connectivity index (χ2v) is 5.24. The molecule has 0 radical (unpaired) electrons. The molecule has 0 unspecified atom stereocenters.